The van der Waals surface area contributed by atoms with Crippen LogP contribution in [0.3, 0.4) is 0 Å². The molecule has 0 saturated heterocycles. The number of nitrogens with zero attached hydrogens (tertiary/aromatic N) is 1. The topological polar surface area (TPSA) is 52.6 Å². The van der Waals surface area contributed by atoms with E-state index in [9.17, 15) is 9.90 Å². The monoisotopic (exact) mass is 218 g/mol. The fourth-order valence-electron chi connectivity index (χ4n) is 2.14. The number of rotatable bonds is 1. The zero-order valence-corrected chi connectivity index (χ0v) is 9.16. The van der Waals surface area contributed by atoms with Crippen molar-refractivity contribution >= 4 is 17.3 Å². The Bertz CT molecular complexity index is 466. The number of hydrogen-bond donors (Lipinski definition) is 2. The zero-order valence-electron chi connectivity index (χ0n) is 9.16. The van der Waals surface area contributed by atoms with Gasteiger partial charge < -0.3 is 15.3 Å². The Hall–Kier alpha value is -1.55. The van der Waals surface area contributed by atoms with Gasteiger partial charge in [-0.15, -0.1) is 0 Å². The van der Waals surface area contributed by atoms with Crippen LogP contribution in [0.2, 0.25) is 0 Å². The number of amides is 1. The fourth-order valence-corrected chi connectivity index (χ4v) is 2.14. The number of aliphatic hydroxyl groups is 1. The third kappa shape index (κ3) is 1.38. The van der Waals surface area contributed by atoms with E-state index in [4.69, 9.17) is 0 Å². The molecule has 1 aliphatic carbocycles. The van der Waals surface area contributed by atoms with Crippen molar-refractivity contribution in [3.63, 3.8) is 0 Å². The van der Waals surface area contributed by atoms with Crippen molar-refractivity contribution in [3.05, 3.63) is 23.8 Å². The summed E-state index contributed by atoms with van der Waals surface area (Å²) in [5.74, 6) is 0.00730. The number of hydrogen-bond acceptors (Lipinski definition) is 3. The summed E-state index contributed by atoms with van der Waals surface area (Å²) in [7, 11) is 1.89. The van der Waals surface area contributed by atoms with Crippen LogP contribution in [0.1, 0.15) is 18.4 Å². The summed E-state index contributed by atoms with van der Waals surface area (Å²) < 4.78 is 0. The third-order valence-electron chi connectivity index (χ3n) is 3.32. The number of likely N-dealkylation sites (N-methyl/N-ethyl adjacent to an activating group) is 1. The largest absolute Gasteiger partial charge is 0.385 e. The number of fused-ring (bicyclic) bond motifs is 1. The average molecular weight is 218 g/mol. The lowest BCUT2D eigenvalue weighted by molar-refractivity contribution is -0.115. The van der Waals surface area contributed by atoms with Crippen molar-refractivity contribution in [2.45, 2.75) is 18.4 Å². The second-order valence-electron chi connectivity index (χ2n) is 4.67. The lowest BCUT2D eigenvalue weighted by Gasteiger charge is -2.28. The summed E-state index contributed by atoms with van der Waals surface area (Å²) in [5.41, 5.74) is 2.15. The molecule has 1 heterocycles. The number of anilines is 2. The van der Waals surface area contributed by atoms with Crippen molar-refractivity contribution in [1.82, 2.24) is 0 Å². The molecular formula is C12H14N2O2. The molecule has 0 unspecified atom stereocenters. The van der Waals surface area contributed by atoms with Gasteiger partial charge in [0.25, 0.3) is 0 Å². The quantitative estimate of drug-likeness (QED) is 0.741. The standard InChI is InChI=1S/C12H14N2O2/c1-14-7-11(15)13-9-3-2-8(6-10(9)14)12(16)4-5-12/h2-3,6,16H,4-5,7H2,1H3,(H,13,15). The molecule has 0 atom stereocenters. The van der Waals surface area contributed by atoms with Gasteiger partial charge in [0, 0.05) is 7.05 Å². The molecule has 0 aromatic heterocycles. The van der Waals surface area contributed by atoms with Gasteiger partial charge in [-0.3, -0.25) is 4.79 Å². The molecule has 1 aromatic rings. The summed E-state index contributed by atoms with van der Waals surface area (Å²) >= 11 is 0. The molecule has 4 nitrogen and oxygen atoms in total. The average Bonchev–Trinajstić information content (AvgIpc) is 2.97. The van der Waals surface area contributed by atoms with Gasteiger partial charge in [-0.2, -0.15) is 0 Å². The number of benzene rings is 1. The molecular weight excluding hydrogens is 204 g/mol. The van der Waals surface area contributed by atoms with E-state index in [0.29, 0.717) is 6.54 Å². The Morgan fingerprint density at radius 3 is 2.88 bits per heavy atom. The first-order valence-corrected chi connectivity index (χ1v) is 5.46. The number of carbonyl (C=O) groups excluding carboxylic acids is 1. The molecule has 1 aliphatic heterocycles. The molecule has 1 fully saturated rings. The minimum atomic E-state index is -0.614. The minimum Gasteiger partial charge on any atom is -0.385 e. The predicted octanol–water partition coefficient (Wildman–Crippen LogP) is 1.06. The minimum absolute atomic E-state index is 0.00730. The lowest BCUT2D eigenvalue weighted by atomic mass is 10.0. The Kier molecular flexibility index (Phi) is 1.80. The van der Waals surface area contributed by atoms with Crippen LogP contribution in [0.15, 0.2) is 18.2 Å². The van der Waals surface area contributed by atoms with Crippen LogP contribution in [-0.2, 0) is 10.4 Å². The molecule has 0 bridgehead atoms. The Morgan fingerprint density at radius 1 is 1.44 bits per heavy atom. The Balaban J connectivity index is 2.04. The highest BCUT2D eigenvalue weighted by molar-refractivity contribution is 6.01. The highest BCUT2D eigenvalue weighted by atomic mass is 16.3. The molecule has 4 heteroatoms. The number of nitrogens with one attached hydrogen (secondary N) is 1. The second kappa shape index (κ2) is 2.98. The zero-order chi connectivity index (χ0) is 11.3. The van der Waals surface area contributed by atoms with Crippen molar-refractivity contribution in [2.75, 3.05) is 23.8 Å². The van der Waals surface area contributed by atoms with Gasteiger partial charge in [-0.05, 0) is 30.5 Å². The van der Waals surface area contributed by atoms with E-state index in [1.54, 1.807) is 0 Å². The SMILES string of the molecule is CN1CC(=O)Nc2ccc(C3(O)CC3)cc21. The van der Waals surface area contributed by atoms with E-state index in [1.165, 1.54) is 0 Å². The normalized spacial score (nSPS) is 21.4. The maximum Gasteiger partial charge on any atom is 0.243 e. The molecule has 0 radical (unpaired) electrons. The Labute approximate surface area is 93.9 Å². The molecule has 84 valence electrons. The maximum absolute atomic E-state index is 11.3. The van der Waals surface area contributed by atoms with Crippen molar-refractivity contribution < 1.29 is 9.90 Å². The van der Waals surface area contributed by atoms with Crippen molar-refractivity contribution in [2.24, 2.45) is 0 Å². The van der Waals surface area contributed by atoms with E-state index in [1.807, 2.05) is 30.1 Å². The van der Waals surface area contributed by atoms with E-state index in [2.05, 4.69) is 5.32 Å². The molecule has 2 N–H and O–H groups in total. The van der Waals surface area contributed by atoms with Crippen LogP contribution in [-0.4, -0.2) is 24.6 Å². The molecule has 1 aromatic carbocycles. The van der Waals surface area contributed by atoms with E-state index in [-0.39, 0.29) is 5.91 Å². The first-order valence-electron chi connectivity index (χ1n) is 5.46. The van der Waals surface area contributed by atoms with Crippen LogP contribution in [0, 0.1) is 0 Å². The Morgan fingerprint density at radius 2 is 2.19 bits per heavy atom. The molecule has 0 spiro atoms. The molecule has 16 heavy (non-hydrogen) atoms. The fraction of sp³-hybridized carbons (Fsp3) is 0.417. The summed E-state index contributed by atoms with van der Waals surface area (Å²) in [6, 6.07) is 5.74. The molecule has 3 rings (SSSR count). The summed E-state index contributed by atoms with van der Waals surface area (Å²) in [5, 5.41) is 12.9. The van der Waals surface area contributed by atoms with Gasteiger partial charge in [0.1, 0.15) is 0 Å². The predicted molar refractivity (Wildman–Crippen MR) is 61.5 cm³/mol. The van der Waals surface area contributed by atoms with Crippen molar-refractivity contribution in [3.8, 4) is 0 Å². The maximum atomic E-state index is 11.3. The van der Waals surface area contributed by atoms with E-state index >= 15 is 0 Å². The van der Waals surface area contributed by atoms with Gasteiger partial charge in [-0.1, -0.05) is 6.07 Å². The second-order valence-corrected chi connectivity index (χ2v) is 4.67. The van der Waals surface area contributed by atoms with Crippen LogP contribution >= 0.6 is 0 Å². The third-order valence-corrected chi connectivity index (χ3v) is 3.32. The first-order chi connectivity index (χ1) is 7.58. The molecule has 1 amide bonds. The van der Waals surface area contributed by atoms with Gasteiger partial charge in [0.2, 0.25) is 5.91 Å². The van der Waals surface area contributed by atoms with Crippen LogP contribution < -0.4 is 10.2 Å². The molecule has 1 saturated carbocycles. The van der Waals surface area contributed by atoms with Gasteiger partial charge in [0.15, 0.2) is 0 Å². The van der Waals surface area contributed by atoms with Gasteiger partial charge in [-0.25, -0.2) is 0 Å². The smallest absolute Gasteiger partial charge is 0.243 e. The van der Waals surface area contributed by atoms with Gasteiger partial charge >= 0.3 is 0 Å². The van der Waals surface area contributed by atoms with Crippen LogP contribution in [0.4, 0.5) is 11.4 Å². The lowest BCUT2D eigenvalue weighted by Crippen LogP contribution is -2.35. The highest BCUT2D eigenvalue weighted by Crippen LogP contribution is 2.47. The first kappa shape index (κ1) is 9.66. The number of carbonyl (C=O) groups is 1. The van der Waals surface area contributed by atoms with Crippen molar-refractivity contribution in [1.29, 1.82) is 0 Å². The van der Waals surface area contributed by atoms with Crippen LogP contribution in [0.5, 0.6) is 0 Å². The van der Waals surface area contributed by atoms with E-state index < -0.39 is 5.60 Å². The van der Waals surface area contributed by atoms with E-state index in [0.717, 1.165) is 29.8 Å². The van der Waals surface area contributed by atoms with Crippen LogP contribution in [0.25, 0.3) is 0 Å². The summed E-state index contributed by atoms with van der Waals surface area (Å²) in [6.07, 6.45) is 1.67. The van der Waals surface area contributed by atoms with Gasteiger partial charge in [0.05, 0.1) is 23.5 Å². The molecule has 2 aliphatic rings. The summed E-state index contributed by atoms with van der Waals surface area (Å²) in [6.45, 7) is 0.370. The highest BCUT2D eigenvalue weighted by Gasteiger charge is 2.42. The summed E-state index contributed by atoms with van der Waals surface area (Å²) in [4.78, 5) is 13.2.